The molecule has 174 valence electrons. The van der Waals surface area contributed by atoms with E-state index in [2.05, 4.69) is 46.8 Å². The third kappa shape index (κ3) is 7.52. The molecule has 2 aliphatic heterocycles. The largest absolute Gasteiger partial charge is 0.450 e. The van der Waals surface area contributed by atoms with Crippen molar-refractivity contribution in [1.29, 1.82) is 0 Å². The molecule has 0 bridgehead atoms. The number of halogens is 1. The Hall–Kier alpha value is -1.55. The molecule has 1 aromatic carbocycles. The fourth-order valence-electron chi connectivity index (χ4n) is 4.21. The molecule has 0 aromatic heterocycles. The molecule has 31 heavy (non-hydrogen) atoms. The molecular weight excluding hydrogens is 507 g/mol. The molecule has 7 nitrogen and oxygen atoms in total. The second-order valence-electron chi connectivity index (χ2n) is 8.16. The first-order valence-corrected chi connectivity index (χ1v) is 11.2. The molecule has 3 rings (SSSR count). The number of benzene rings is 1. The summed E-state index contributed by atoms with van der Waals surface area (Å²) in [5, 5.41) is 7.02. The number of piperidine rings is 1. The lowest BCUT2D eigenvalue weighted by Gasteiger charge is -2.34. The minimum Gasteiger partial charge on any atom is -0.450 e. The Morgan fingerprint density at radius 1 is 1.23 bits per heavy atom. The second kappa shape index (κ2) is 13.1. The summed E-state index contributed by atoms with van der Waals surface area (Å²) < 4.78 is 11.2. The van der Waals surface area contributed by atoms with Crippen LogP contribution in [0.5, 0.6) is 0 Å². The third-order valence-electron chi connectivity index (χ3n) is 5.97. The zero-order chi connectivity index (χ0) is 21.3. The monoisotopic (exact) mass is 544 g/mol. The van der Waals surface area contributed by atoms with Crippen LogP contribution in [0.3, 0.4) is 0 Å². The van der Waals surface area contributed by atoms with Crippen LogP contribution in [0, 0.1) is 12.8 Å². The Morgan fingerprint density at radius 3 is 2.58 bits per heavy atom. The van der Waals surface area contributed by atoms with Gasteiger partial charge in [0.2, 0.25) is 0 Å². The van der Waals surface area contributed by atoms with E-state index in [4.69, 9.17) is 9.47 Å². The predicted octanol–water partition coefficient (Wildman–Crippen LogP) is 3.87. The minimum absolute atomic E-state index is 0. The van der Waals surface area contributed by atoms with E-state index in [1.165, 1.54) is 11.1 Å². The number of aryl methyl sites for hydroxylation is 1. The highest BCUT2D eigenvalue weighted by molar-refractivity contribution is 14.0. The average molecular weight is 544 g/mol. The molecule has 2 unspecified atom stereocenters. The zero-order valence-electron chi connectivity index (χ0n) is 18.9. The number of rotatable bonds is 5. The SMILES string of the molecule is CCOC(=O)N1CCC(NC(=NC)NCC2CCCOC2c2ccc(C)cc2)CC1.I. The fraction of sp³-hybridized carbons (Fsp3) is 0.652. The quantitative estimate of drug-likeness (QED) is 0.335. The van der Waals surface area contributed by atoms with E-state index in [0.717, 1.165) is 44.8 Å². The van der Waals surface area contributed by atoms with Crippen molar-refractivity contribution in [2.24, 2.45) is 10.9 Å². The molecule has 2 fully saturated rings. The molecule has 0 radical (unpaired) electrons. The van der Waals surface area contributed by atoms with Gasteiger partial charge in [0.05, 0.1) is 12.7 Å². The molecule has 1 amide bonds. The fourth-order valence-corrected chi connectivity index (χ4v) is 4.21. The number of ether oxygens (including phenoxy) is 2. The summed E-state index contributed by atoms with van der Waals surface area (Å²) in [6.07, 6.45) is 3.92. The van der Waals surface area contributed by atoms with Crippen molar-refractivity contribution in [3.63, 3.8) is 0 Å². The molecule has 0 spiro atoms. The number of carbonyl (C=O) groups excluding carboxylic acids is 1. The van der Waals surface area contributed by atoms with Crippen LogP contribution in [0.15, 0.2) is 29.3 Å². The number of amides is 1. The lowest BCUT2D eigenvalue weighted by atomic mass is 9.89. The van der Waals surface area contributed by atoms with E-state index in [9.17, 15) is 4.79 Å². The summed E-state index contributed by atoms with van der Waals surface area (Å²) in [5.41, 5.74) is 2.52. The lowest BCUT2D eigenvalue weighted by Crippen LogP contribution is -2.50. The molecule has 2 heterocycles. The standard InChI is InChI=1S/C23H36N4O3.HI/c1-4-29-23(28)27-13-11-20(12-14-27)26-22(24-3)25-16-19-6-5-15-30-21(19)18-9-7-17(2)8-10-18;/h7-10,19-21H,4-6,11-16H2,1-3H3,(H2,24,25,26);1H. The smallest absolute Gasteiger partial charge is 0.409 e. The highest BCUT2D eigenvalue weighted by atomic mass is 127. The van der Waals surface area contributed by atoms with E-state index in [1.54, 1.807) is 11.9 Å². The normalized spacial score (nSPS) is 22.4. The molecule has 2 N–H and O–H groups in total. The predicted molar refractivity (Wildman–Crippen MR) is 134 cm³/mol. The Bertz CT molecular complexity index is 705. The van der Waals surface area contributed by atoms with Gasteiger partial charge in [0.25, 0.3) is 0 Å². The van der Waals surface area contributed by atoms with Crippen LogP contribution >= 0.6 is 24.0 Å². The van der Waals surface area contributed by atoms with Gasteiger partial charge < -0.3 is 25.0 Å². The van der Waals surface area contributed by atoms with Gasteiger partial charge in [-0.15, -0.1) is 24.0 Å². The summed E-state index contributed by atoms with van der Waals surface area (Å²) in [6, 6.07) is 8.98. The summed E-state index contributed by atoms with van der Waals surface area (Å²) in [6.45, 7) is 7.42. The van der Waals surface area contributed by atoms with E-state index >= 15 is 0 Å². The Balaban J connectivity index is 0.00000341. The van der Waals surface area contributed by atoms with E-state index in [1.807, 2.05) is 6.92 Å². The maximum absolute atomic E-state index is 11.9. The summed E-state index contributed by atoms with van der Waals surface area (Å²) in [7, 11) is 1.80. The number of hydrogen-bond acceptors (Lipinski definition) is 4. The molecule has 2 atom stereocenters. The van der Waals surface area contributed by atoms with E-state index in [0.29, 0.717) is 31.7 Å². The number of carbonyl (C=O) groups is 1. The van der Waals surface area contributed by atoms with Crippen LogP contribution in [0.1, 0.15) is 49.8 Å². The van der Waals surface area contributed by atoms with Crippen molar-refractivity contribution in [3.8, 4) is 0 Å². The molecule has 2 aliphatic rings. The van der Waals surface area contributed by atoms with Crippen molar-refractivity contribution in [2.75, 3.05) is 39.9 Å². The van der Waals surface area contributed by atoms with Crippen LogP contribution < -0.4 is 10.6 Å². The molecular formula is C23H37IN4O3. The van der Waals surface area contributed by atoms with Gasteiger partial charge in [-0.05, 0) is 45.1 Å². The summed E-state index contributed by atoms with van der Waals surface area (Å²) in [5.74, 6) is 1.23. The van der Waals surface area contributed by atoms with Gasteiger partial charge in [-0.3, -0.25) is 4.99 Å². The van der Waals surface area contributed by atoms with Crippen molar-refractivity contribution in [1.82, 2.24) is 15.5 Å². The number of nitrogens with zero attached hydrogens (tertiary/aromatic N) is 2. The lowest BCUT2D eigenvalue weighted by molar-refractivity contribution is -0.0265. The Kier molecular flexibility index (Phi) is 10.9. The number of aliphatic imine (C=N–C) groups is 1. The topological polar surface area (TPSA) is 75.2 Å². The number of guanidine groups is 1. The summed E-state index contributed by atoms with van der Waals surface area (Å²) >= 11 is 0. The second-order valence-corrected chi connectivity index (χ2v) is 8.16. The van der Waals surface area contributed by atoms with Gasteiger partial charge in [-0.1, -0.05) is 29.8 Å². The van der Waals surface area contributed by atoms with Crippen molar-refractivity contribution in [2.45, 2.75) is 51.7 Å². The van der Waals surface area contributed by atoms with Gasteiger partial charge in [0.1, 0.15) is 0 Å². The van der Waals surface area contributed by atoms with Crippen LogP contribution in [-0.2, 0) is 9.47 Å². The first-order chi connectivity index (χ1) is 14.6. The van der Waals surface area contributed by atoms with Crippen LogP contribution in [-0.4, -0.2) is 62.9 Å². The molecule has 1 aromatic rings. The maximum Gasteiger partial charge on any atom is 0.409 e. The van der Waals surface area contributed by atoms with Gasteiger partial charge in [-0.2, -0.15) is 0 Å². The highest BCUT2D eigenvalue weighted by Gasteiger charge is 2.28. The van der Waals surface area contributed by atoms with Gasteiger partial charge in [0, 0.05) is 45.2 Å². The van der Waals surface area contributed by atoms with Crippen molar-refractivity contribution >= 4 is 36.0 Å². The third-order valence-corrected chi connectivity index (χ3v) is 5.97. The van der Waals surface area contributed by atoms with Crippen LogP contribution in [0.4, 0.5) is 4.79 Å². The molecule has 0 aliphatic carbocycles. The van der Waals surface area contributed by atoms with Crippen molar-refractivity contribution < 1.29 is 14.3 Å². The maximum atomic E-state index is 11.9. The van der Waals surface area contributed by atoms with E-state index in [-0.39, 0.29) is 36.2 Å². The first kappa shape index (κ1) is 25.7. The number of likely N-dealkylation sites (tertiary alicyclic amines) is 1. The van der Waals surface area contributed by atoms with Gasteiger partial charge >= 0.3 is 6.09 Å². The van der Waals surface area contributed by atoms with Gasteiger partial charge in [-0.25, -0.2) is 4.79 Å². The highest BCUT2D eigenvalue weighted by Crippen LogP contribution is 2.33. The zero-order valence-corrected chi connectivity index (χ0v) is 21.3. The number of nitrogens with one attached hydrogen (secondary N) is 2. The molecule has 2 saturated heterocycles. The van der Waals surface area contributed by atoms with Gasteiger partial charge in [0.15, 0.2) is 5.96 Å². The first-order valence-electron chi connectivity index (χ1n) is 11.2. The Morgan fingerprint density at radius 2 is 1.94 bits per heavy atom. The van der Waals surface area contributed by atoms with Crippen LogP contribution in [0.25, 0.3) is 0 Å². The van der Waals surface area contributed by atoms with E-state index < -0.39 is 0 Å². The summed E-state index contributed by atoms with van der Waals surface area (Å²) in [4.78, 5) is 18.1. The Labute approximate surface area is 203 Å². The minimum atomic E-state index is -0.210. The molecule has 8 heteroatoms. The number of hydrogen-bond donors (Lipinski definition) is 2. The van der Waals surface area contributed by atoms with Crippen molar-refractivity contribution in [3.05, 3.63) is 35.4 Å². The average Bonchev–Trinajstić information content (AvgIpc) is 2.78. The van der Waals surface area contributed by atoms with Crippen LogP contribution in [0.2, 0.25) is 0 Å². The molecule has 0 saturated carbocycles.